The first-order chi connectivity index (χ1) is 7.81. The summed E-state index contributed by atoms with van der Waals surface area (Å²) < 4.78 is 0. The third kappa shape index (κ3) is 4.42. The van der Waals surface area contributed by atoms with Crippen molar-refractivity contribution < 1.29 is 0 Å². The van der Waals surface area contributed by atoms with E-state index in [1.807, 2.05) is 0 Å². The van der Waals surface area contributed by atoms with Crippen LogP contribution in [0.5, 0.6) is 0 Å². The van der Waals surface area contributed by atoms with Gasteiger partial charge in [0.05, 0.1) is 0 Å². The number of hydrogen-bond acceptors (Lipinski definition) is 2. The van der Waals surface area contributed by atoms with Gasteiger partial charge in [0, 0.05) is 12.1 Å². The molecule has 1 aliphatic carbocycles. The quantitative estimate of drug-likeness (QED) is 0.684. The SMILES string of the molecule is CCCNC1CCC(N(CCC)CCC)C1. The van der Waals surface area contributed by atoms with Gasteiger partial charge in [-0.25, -0.2) is 0 Å². The van der Waals surface area contributed by atoms with Gasteiger partial charge in [0.1, 0.15) is 0 Å². The lowest BCUT2D eigenvalue weighted by molar-refractivity contribution is 0.196. The summed E-state index contributed by atoms with van der Waals surface area (Å²) in [5.41, 5.74) is 0. The highest BCUT2D eigenvalue weighted by Crippen LogP contribution is 2.24. The molecule has 2 unspecified atom stereocenters. The minimum Gasteiger partial charge on any atom is -0.314 e. The third-order valence-electron chi connectivity index (χ3n) is 3.63. The van der Waals surface area contributed by atoms with Gasteiger partial charge in [-0.05, 0) is 58.2 Å². The van der Waals surface area contributed by atoms with Crippen LogP contribution in [-0.2, 0) is 0 Å². The predicted octanol–water partition coefficient (Wildman–Crippen LogP) is 3.03. The molecule has 0 amide bonds. The van der Waals surface area contributed by atoms with E-state index in [0.717, 1.165) is 12.1 Å². The fraction of sp³-hybridized carbons (Fsp3) is 1.00. The molecule has 1 N–H and O–H groups in total. The molecule has 1 saturated carbocycles. The van der Waals surface area contributed by atoms with Gasteiger partial charge in [0.2, 0.25) is 0 Å². The summed E-state index contributed by atoms with van der Waals surface area (Å²) in [6, 6.07) is 1.65. The Morgan fingerprint density at radius 1 is 1.00 bits per heavy atom. The van der Waals surface area contributed by atoms with E-state index in [1.165, 1.54) is 58.2 Å². The molecule has 0 aromatic rings. The molecule has 0 spiro atoms. The van der Waals surface area contributed by atoms with Gasteiger partial charge >= 0.3 is 0 Å². The Kier molecular flexibility index (Phi) is 7.06. The van der Waals surface area contributed by atoms with Gasteiger partial charge in [-0.15, -0.1) is 0 Å². The molecule has 0 aromatic heterocycles. The van der Waals surface area contributed by atoms with Crippen molar-refractivity contribution in [2.24, 2.45) is 0 Å². The van der Waals surface area contributed by atoms with E-state index in [2.05, 4.69) is 31.0 Å². The van der Waals surface area contributed by atoms with Crippen molar-refractivity contribution in [2.75, 3.05) is 19.6 Å². The highest BCUT2D eigenvalue weighted by molar-refractivity contribution is 4.86. The first kappa shape index (κ1) is 14.0. The average molecular weight is 226 g/mol. The van der Waals surface area contributed by atoms with Crippen LogP contribution in [0.3, 0.4) is 0 Å². The van der Waals surface area contributed by atoms with E-state index in [9.17, 15) is 0 Å². The lowest BCUT2D eigenvalue weighted by Crippen LogP contribution is -2.36. The summed E-state index contributed by atoms with van der Waals surface area (Å²) in [6.07, 6.45) is 8.01. The maximum atomic E-state index is 3.67. The number of hydrogen-bond donors (Lipinski definition) is 1. The lowest BCUT2D eigenvalue weighted by Gasteiger charge is -2.28. The van der Waals surface area contributed by atoms with Crippen LogP contribution in [0.1, 0.15) is 59.3 Å². The minimum absolute atomic E-state index is 0.793. The first-order valence-electron chi connectivity index (χ1n) is 7.29. The van der Waals surface area contributed by atoms with Gasteiger partial charge in [0.25, 0.3) is 0 Å². The molecule has 0 bridgehead atoms. The highest BCUT2D eigenvalue weighted by atomic mass is 15.2. The molecule has 0 aliphatic heterocycles. The van der Waals surface area contributed by atoms with Crippen molar-refractivity contribution in [3.05, 3.63) is 0 Å². The average Bonchev–Trinajstić information content (AvgIpc) is 2.74. The summed E-state index contributed by atoms with van der Waals surface area (Å²) in [4.78, 5) is 2.72. The zero-order valence-electron chi connectivity index (χ0n) is 11.5. The van der Waals surface area contributed by atoms with Crippen molar-refractivity contribution in [1.82, 2.24) is 10.2 Å². The zero-order valence-corrected chi connectivity index (χ0v) is 11.5. The monoisotopic (exact) mass is 226 g/mol. The van der Waals surface area contributed by atoms with Crippen LogP contribution in [-0.4, -0.2) is 36.6 Å². The molecule has 0 aromatic carbocycles. The second-order valence-corrected chi connectivity index (χ2v) is 5.15. The van der Waals surface area contributed by atoms with Crippen LogP contribution >= 0.6 is 0 Å². The number of nitrogens with zero attached hydrogens (tertiary/aromatic N) is 1. The second-order valence-electron chi connectivity index (χ2n) is 5.15. The van der Waals surface area contributed by atoms with Crippen molar-refractivity contribution >= 4 is 0 Å². The molecule has 0 heterocycles. The molecule has 96 valence electrons. The third-order valence-corrected chi connectivity index (χ3v) is 3.63. The fourth-order valence-corrected chi connectivity index (χ4v) is 2.87. The largest absolute Gasteiger partial charge is 0.314 e. The van der Waals surface area contributed by atoms with E-state index < -0.39 is 0 Å². The number of rotatable bonds is 8. The highest BCUT2D eigenvalue weighted by Gasteiger charge is 2.27. The van der Waals surface area contributed by atoms with Gasteiger partial charge in [0.15, 0.2) is 0 Å². The Morgan fingerprint density at radius 3 is 2.25 bits per heavy atom. The van der Waals surface area contributed by atoms with Crippen LogP contribution in [0.25, 0.3) is 0 Å². The zero-order chi connectivity index (χ0) is 11.8. The Hall–Kier alpha value is -0.0800. The number of nitrogens with one attached hydrogen (secondary N) is 1. The van der Waals surface area contributed by atoms with Gasteiger partial charge in [-0.3, -0.25) is 0 Å². The topological polar surface area (TPSA) is 15.3 Å². The van der Waals surface area contributed by atoms with E-state index in [1.54, 1.807) is 0 Å². The fourth-order valence-electron chi connectivity index (χ4n) is 2.87. The smallest absolute Gasteiger partial charge is 0.0111 e. The summed E-state index contributed by atoms with van der Waals surface area (Å²) in [7, 11) is 0. The molecule has 1 aliphatic rings. The molecule has 2 heteroatoms. The van der Waals surface area contributed by atoms with Crippen LogP contribution in [0, 0.1) is 0 Å². The maximum Gasteiger partial charge on any atom is 0.0111 e. The Morgan fingerprint density at radius 2 is 1.69 bits per heavy atom. The molecular weight excluding hydrogens is 196 g/mol. The van der Waals surface area contributed by atoms with Crippen LogP contribution < -0.4 is 5.32 Å². The molecule has 1 fully saturated rings. The summed E-state index contributed by atoms with van der Waals surface area (Å²) >= 11 is 0. The Labute approximate surface area is 102 Å². The lowest BCUT2D eigenvalue weighted by atomic mass is 10.2. The molecule has 1 rings (SSSR count). The molecule has 16 heavy (non-hydrogen) atoms. The summed E-state index contributed by atoms with van der Waals surface area (Å²) in [6.45, 7) is 10.6. The normalized spacial score (nSPS) is 25.5. The second kappa shape index (κ2) is 8.08. The van der Waals surface area contributed by atoms with Gasteiger partial charge in [-0.2, -0.15) is 0 Å². The minimum atomic E-state index is 0.793. The van der Waals surface area contributed by atoms with E-state index >= 15 is 0 Å². The maximum absolute atomic E-state index is 3.67. The van der Waals surface area contributed by atoms with Gasteiger partial charge < -0.3 is 10.2 Å². The summed E-state index contributed by atoms with van der Waals surface area (Å²) in [5.74, 6) is 0. The molecule has 0 saturated heterocycles. The van der Waals surface area contributed by atoms with Crippen molar-refractivity contribution in [3.8, 4) is 0 Å². The Bertz CT molecular complexity index is 164. The summed E-state index contributed by atoms with van der Waals surface area (Å²) in [5, 5.41) is 3.67. The van der Waals surface area contributed by atoms with Crippen molar-refractivity contribution in [3.63, 3.8) is 0 Å². The first-order valence-corrected chi connectivity index (χ1v) is 7.29. The van der Waals surface area contributed by atoms with E-state index in [4.69, 9.17) is 0 Å². The van der Waals surface area contributed by atoms with Crippen LogP contribution in [0.15, 0.2) is 0 Å². The Balaban J connectivity index is 2.30. The molecule has 2 atom stereocenters. The van der Waals surface area contributed by atoms with Crippen LogP contribution in [0.2, 0.25) is 0 Å². The van der Waals surface area contributed by atoms with Crippen molar-refractivity contribution in [1.29, 1.82) is 0 Å². The van der Waals surface area contributed by atoms with E-state index in [0.29, 0.717) is 0 Å². The molecular formula is C14H30N2. The predicted molar refractivity (Wildman–Crippen MR) is 71.9 cm³/mol. The van der Waals surface area contributed by atoms with Gasteiger partial charge in [-0.1, -0.05) is 20.8 Å². The van der Waals surface area contributed by atoms with Crippen LogP contribution in [0.4, 0.5) is 0 Å². The van der Waals surface area contributed by atoms with E-state index in [-0.39, 0.29) is 0 Å². The van der Waals surface area contributed by atoms with Crippen molar-refractivity contribution in [2.45, 2.75) is 71.4 Å². The molecule has 0 radical (unpaired) electrons. The molecule has 2 nitrogen and oxygen atoms in total. The standard InChI is InChI=1S/C14H30N2/c1-4-9-15-13-7-8-14(12-13)16(10-5-2)11-6-3/h13-15H,4-12H2,1-3H3.